The predicted molar refractivity (Wildman–Crippen MR) is 136 cm³/mol. The van der Waals surface area contributed by atoms with Crippen molar-refractivity contribution in [1.29, 1.82) is 0 Å². The smallest absolute Gasteiger partial charge is 0.225 e. The first-order chi connectivity index (χ1) is 16.7. The Balaban J connectivity index is 1.67. The van der Waals surface area contributed by atoms with E-state index in [1.54, 1.807) is 7.11 Å². The van der Waals surface area contributed by atoms with E-state index in [-0.39, 0.29) is 5.91 Å². The second kappa shape index (κ2) is 9.99. The Hall–Kier alpha value is -3.53. The summed E-state index contributed by atoms with van der Waals surface area (Å²) < 4.78 is 13.4. The summed E-state index contributed by atoms with van der Waals surface area (Å²) in [6.45, 7) is 8.74. The van der Waals surface area contributed by atoms with Gasteiger partial charge in [0.15, 0.2) is 22.1 Å². The molecule has 0 aliphatic carbocycles. The third-order valence-corrected chi connectivity index (χ3v) is 6.50. The number of rotatable bonds is 8. The number of anilines is 1. The van der Waals surface area contributed by atoms with Crippen LogP contribution >= 0.6 is 11.8 Å². The van der Waals surface area contributed by atoms with Gasteiger partial charge in [0.2, 0.25) is 5.91 Å². The summed E-state index contributed by atoms with van der Waals surface area (Å²) in [4.78, 5) is 26.5. The molecule has 10 heteroatoms. The van der Waals surface area contributed by atoms with Crippen LogP contribution in [0.2, 0.25) is 0 Å². The highest BCUT2D eigenvalue weighted by molar-refractivity contribution is 7.99. The van der Waals surface area contributed by atoms with E-state index >= 15 is 0 Å². The van der Waals surface area contributed by atoms with Crippen molar-refractivity contribution in [2.45, 2.75) is 50.7 Å². The number of carbonyl (C=O) groups is 1. The van der Waals surface area contributed by atoms with Gasteiger partial charge in [0.1, 0.15) is 23.6 Å². The minimum Gasteiger partial charge on any atom is -0.497 e. The molecule has 0 bridgehead atoms. The molecule has 3 aromatic heterocycles. The molecule has 0 aliphatic heterocycles. The van der Waals surface area contributed by atoms with Gasteiger partial charge in [0, 0.05) is 29.0 Å². The third kappa shape index (κ3) is 5.43. The van der Waals surface area contributed by atoms with Gasteiger partial charge in [-0.15, -0.1) is 0 Å². The molecule has 0 fully saturated rings. The van der Waals surface area contributed by atoms with E-state index in [9.17, 15) is 4.79 Å². The molecular weight excluding hydrogens is 464 g/mol. The second-order valence-corrected chi connectivity index (χ2v) is 10.2. The first-order valence-electron chi connectivity index (χ1n) is 11.3. The molecule has 1 amide bonds. The van der Waals surface area contributed by atoms with Crippen molar-refractivity contribution >= 4 is 34.7 Å². The number of furan rings is 1. The normalized spacial score (nSPS) is 11.7. The Kier molecular flexibility index (Phi) is 7.02. The summed E-state index contributed by atoms with van der Waals surface area (Å²) in [5, 5.41) is 3.71. The van der Waals surface area contributed by atoms with Crippen LogP contribution in [0.1, 0.15) is 33.0 Å². The van der Waals surface area contributed by atoms with Crippen LogP contribution in [-0.2, 0) is 11.3 Å². The lowest BCUT2D eigenvalue weighted by atomic mass is 9.96. The maximum Gasteiger partial charge on any atom is 0.225 e. The van der Waals surface area contributed by atoms with Crippen LogP contribution < -0.4 is 15.8 Å². The van der Waals surface area contributed by atoms with Gasteiger partial charge in [-0.05, 0) is 43.7 Å². The molecule has 4 aromatic rings. The van der Waals surface area contributed by atoms with Crippen LogP contribution in [0.5, 0.6) is 5.75 Å². The molecule has 3 heterocycles. The van der Waals surface area contributed by atoms with Gasteiger partial charge in [-0.2, -0.15) is 0 Å². The Bertz CT molecular complexity index is 1360. The quantitative estimate of drug-likeness (QED) is 0.338. The van der Waals surface area contributed by atoms with Crippen molar-refractivity contribution in [3.63, 3.8) is 0 Å². The maximum atomic E-state index is 12.2. The number of carbonyl (C=O) groups excluding carboxylic acids is 1. The van der Waals surface area contributed by atoms with E-state index < -0.39 is 5.41 Å². The number of aromatic nitrogens is 4. The van der Waals surface area contributed by atoms with E-state index in [0.29, 0.717) is 41.6 Å². The molecular formula is C25H30N6O3S. The Morgan fingerprint density at radius 1 is 1.23 bits per heavy atom. The van der Waals surface area contributed by atoms with Gasteiger partial charge in [-0.25, -0.2) is 15.0 Å². The van der Waals surface area contributed by atoms with Crippen LogP contribution in [0.3, 0.4) is 0 Å². The SMILES string of the molecule is COc1ccc(-c2ccc(C)o2)c(Sc2nc3c(N)ncnc3n2CCCNC(=O)C(C)(C)C)c1. The van der Waals surface area contributed by atoms with Crippen LogP contribution in [0.15, 0.2) is 51.1 Å². The van der Waals surface area contributed by atoms with E-state index in [0.717, 1.165) is 27.7 Å². The van der Waals surface area contributed by atoms with Crippen molar-refractivity contribution in [1.82, 2.24) is 24.8 Å². The number of ether oxygens (including phenoxy) is 1. The van der Waals surface area contributed by atoms with Crippen molar-refractivity contribution < 1.29 is 13.9 Å². The van der Waals surface area contributed by atoms with Gasteiger partial charge in [0.25, 0.3) is 0 Å². The molecule has 3 N–H and O–H groups in total. The first-order valence-corrected chi connectivity index (χ1v) is 12.2. The molecule has 184 valence electrons. The summed E-state index contributed by atoms with van der Waals surface area (Å²) in [6, 6.07) is 9.72. The highest BCUT2D eigenvalue weighted by Crippen LogP contribution is 2.39. The highest BCUT2D eigenvalue weighted by atomic mass is 32.2. The third-order valence-electron chi connectivity index (χ3n) is 5.45. The summed E-state index contributed by atoms with van der Waals surface area (Å²) >= 11 is 1.48. The van der Waals surface area contributed by atoms with E-state index in [1.807, 2.05) is 62.6 Å². The summed E-state index contributed by atoms with van der Waals surface area (Å²) in [7, 11) is 1.64. The molecule has 0 unspecified atom stereocenters. The predicted octanol–water partition coefficient (Wildman–Crippen LogP) is 4.69. The number of imidazole rings is 1. The van der Waals surface area contributed by atoms with E-state index in [4.69, 9.17) is 19.9 Å². The number of nitrogens with zero attached hydrogens (tertiary/aromatic N) is 4. The molecule has 1 aromatic carbocycles. The maximum absolute atomic E-state index is 12.2. The van der Waals surface area contributed by atoms with Crippen molar-refractivity contribution in [2.24, 2.45) is 5.41 Å². The molecule has 4 rings (SSSR count). The molecule has 9 nitrogen and oxygen atoms in total. The number of hydrogen-bond acceptors (Lipinski definition) is 8. The van der Waals surface area contributed by atoms with Gasteiger partial charge >= 0.3 is 0 Å². The fourth-order valence-electron chi connectivity index (χ4n) is 3.51. The molecule has 35 heavy (non-hydrogen) atoms. The van der Waals surface area contributed by atoms with Crippen molar-refractivity contribution in [2.75, 3.05) is 19.4 Å². The average Bonchev–Trinajstić information content (AvgIpc) is 3.40. The number of hydrogen-bond donors (Lipinski definition) is 2. The monoisotopic (exact) mass is 494 g/mol. The zero-order valence-corrected chi connectivity index (χ0v) is 21.4. The van der Waals surface area contributed by atoms with Gasteiger partial charge in [-0.3, -0.25) is 4.79 Å². The van der Waals surface area contributed by atoms with Crippen LogP contribution in [-0.4, -0.2) is 39.1 Å². The number of benzene rings is 1. The minimum atomic E-state index is -0.433. The lowest BCUT2D eigenvalue weighted by Gasteiger charge is -2.17. The van der Waals surface area contributed by atoms with Crippen LogP contribution in [0, 0.1) is 12.3 Å². The molecule has 0 aliphatic rings. The molecule has 0 saturated heterocycles. The van der Waals surface area contributed by atoms with E-state index in [1.165, 1.54) is 18.1 Å². The average molecular weight is 495 g/mol. The van der Waals surface area contributed by atoms with E-state index in [2.05, 4.69) is 15.3 Å². The Morgan fingerprint density at radius 3 is 2.71 bits per heavy atom. The number of nitrogen functional groups attached to an aromatic ring is 1. The highest BCUT2D eigenvalue weighted by Gasteiger charge is 2.21. The molecule has 0 radical (unpaired) electrons. The fourth-order valence-corrected chi connectivity index (χ4v) is 4.59. The minimum absolute atomic E-state index is 0.0175. The van der Waals surface area contributed by atoms with Gasteiger partial charge < -0.3 is 24.8 Å². The van der Waals surface area contributed by atoms with Crippen LogP contribution in [0.25, 0.3) is 22.5 Å². The first kappa shape index (κ1) is 24.6. The zero-order valence-electron chi connectivity index (χ0n) is 20.6. The molecule has 0 atom stereocenters. The standard InChI is InChI=1S/C25H30N6O3S/c1-15-7-10-18(34-15)17-9-8-16(33-5)13-19(17)35-24-30-20-21(26)28-14-29-22(20)31(24)12-6-11-27-23(32)25(2,3)4/h7-10,13-14H,6,11-12H2,1-5H3,(H,27,32)(H2,26,28,29). The lowest BCUT2D eigenvalue weighted by Crippen LogP contribution is -2.35. The zero-order chi connectivity index (χ0) is 25.2. The molecule has 0 spiro atoms. The summed E-state index contributed by atoms with van der Waals surface area (Å²) in [5.74, 6) is 2.67. The number of methoxy groups -OCH3 is 1. The summed E-state index contributed by atoms with van der Waals surface area (Å²) in [5.41, 5.74) is 7.81. The second-order valence-electron chi connectivity index (χ2n) is 9.21. The number of amides is 1. The number of aryl methyl sites for hydroxylation is 2. The van der Waals surface area contributed by atoms with Crippen LogP contribution in [0.4, 0.5) is 5.82 Å². The Labute approximate surface area is 208 Å². The topological polar surface area (TPSA) is 121 Å². The summed E-state index contributed by atoms with van der Waals surface area (Å²) in [6.07, 6.45) is 2.14. The van der Waals surface area contributed by atoms with Crippen molar-refractivity contribution in [3.05, 3.63) is 42.4 Å². The van der Waals surface area contributed by atoms with Gasteiger partial charge in [-0.1, -0.05) is 32.5 Å². The number of nitrogens with one attached hydrogen (secondary N) is 1. The van der Waals surface area contributed by atoms with Crippen molar-refractivity contribution in [3.8, 4) is 17.1 Å². The van der Waals surface area contributed by atoms with Gasteiger partial charge in [0.05, 0.1) is 7.11 Å². The Morgan fingerprint density at radius 2 is 2.03 bits per heavy atom. The largest absolute Gasteiger partial charge is 0.497 e. The number of nitrogens with two attached hydrogens (primary N) is 1. The lowest BCUT2D eigenvalue weighted by molar-refractivity contribution is -0.128. The number of fused-ring (bicyclic) bond motifs is 1. The molecule has 0 saturated carbocycles. The fraction of sp³-hybridized carbons (Fsp3) is 0.360.